The zero-order valence-electron chi connectivity index (χ0n) is 10.4. The molecule has 1 heterocycles. The van der Waals surface area contributed by atoms with Gasteiger partial charge in [-0.2, -0.15) is 0 Å². The Balaban J connectivity index is 2.27. The van der Waals surface area contributed by atoms with Crippen LogP contribution in [0, 0.1) is 0 Å². The molecule has 2 nitrogen and oxygen atoms in total. The van der Waals surface area contributed by atoms with Gasteiger partial charge in [-0.25, -0.2) is 8.78 Å². The van der Waals surface area contributed by atoms with Gasteiger partial charge in [-0.15, -0.1) is 0 Å². The van der Waals surface area contributed by atoms with Gasteiger partial charge in [-0.05, 0) is 23.8 Å². The lowest BCUT2D eigenvalue weighted by molar-refractivity contribution is 0.0736. The number of rotatable bonds is 4. The summed E-state index contributed by atoms with van der Waals surface area (Å²) in [5, 5.41) is 3.25. The normalized spacial score (nSPS) is 18.8. The van der Waals surface area contributed by atoms with Crippen molar-refractivity contribution < 1.29 is 8.78 Å². The number of nitrogens with zero attached hydrogens (tertiary/aromatic N) is 1. The summed E-state index contributed by atoms with van der Waals surface area (Å²) in [5.74, 6) is 0. The first kappa shape index (κ1) is 15.4. The Morgan fingerprint density at radius 1 is 1.21 bits per heavy atom. The van der Waals surface area contributed by atoms with Crippen molar-refractivity contribution in [3.8, 4) is 0 Å². The van der Waals surface area contributed by atoms with Gasteiger partial charge >= 0.3 is 0 Å². The number of piperazine rings is 1. The SMILES string of the molecule is FC(F)C[C@@H](c1cc(Br)ccc1Br)N1CCNCC1. The van der Waals surface area contributed by atoms with Crippen LogP contribution >= 0.6 is 31.9 Å². The van der Waals surface area contributed by atoms with E-state index in [0.29, 0.717) is 0 Å². The molecule has 0 unspecified atom stereocenters. The van der Waals surface area contributed by atoms with E-state index in [1.165, 1.54) is 0 Å². The average molecular weight is 398 g/mol. The first-order valence-corrected chi connectivity index (χ1v) is 7.84. The summed E-state index contributed by atoms with van der Waals surface area (Å²) in [5.41, 5.74) is 0.927. The topological polar surface area (TPSA) is 15.3 Å². The molecule has 0 amide bonds. The van der Waals surface area contributed by atoms with E-state index in [-0.39, 0.29) is 12.5 Å². The lowest BCUT2D eigenvalue weighted by Gasteiger charge is -2.35. The Morgan fingerprint density at radius 2 is 1.89 bits per heavy atom. The van der Waals surface area contributed by atoms with Crippen LogP contribution in [0.15, 0.2) is 27.1 Å². The lowest BCUT2D eigenvalue weighted by Crippen LogP contribution is -2.45. The Labute approximate surface area is 128 Å². The van der Waals surface area contributed by atoms with E-state index in [1.54, 1.807) is 0 Å². The molecule has 1 saturated heterocycles. The minimum absolute atomic E-state index is 0.130. The first-order chi connectivity index (χ1) is 9.08. The van der Waals surface area contributed by atoms with Crippen LogP contribution in [0.3, 0.4) is 0 Å². The summed E-state index contributed by atoms with van der Waals surface area (Å²) in [6.45, 7) is 3.31. The highest BCUT2D eigenvalue weighted by Crippen LogP contribution is 2.34. The van der Waals surface area contributed by atoms with Crippen molar-refractivity contribution in [3.05, 3.63) is 32.7 Å². The van der Waals surface area contributed by atoms with Gasteiger partial charge in [-0.3, -0.25) is 4.90 Å². The van der Waals surface area contributed by atoms with Gasteiger partial charge < -0.3 is 5.32 Å². The highest BCUT2D eigenvalue weighted by Gasteiger charge is 2.26. The van der Waals surface area contributed by atoms with Gasteiger partial charge in [-0.1, -0.05) is 31.9 Å². The van der Waals surface area contributed by atoms with Crippen LogP contribution in [0.5, 0.6) is 0 Å². The number of hydrogen-bond acceptors (Lipinski definition) is 2. The summed E-state index contributed by atoms with van der Waals surface area (Å²) < 4.78 is 27.6. The van der Waals surface area contributed by atoms with Crippen molar-refractivity contribution in [1.29, 1.82) is 0 Å². The van der Waals surface area contributed by atoms with E-state index in [2.05, 4.69) is 42.1 Å². The molecule has 1 N–H and O–H groups in total. The molecule has 1 aromatic rings. The minimum Gasteiger partial charge on any atom is -0.314 e. The highest BCUT2D eigenvalue weighted by atomic mass is 79.9. The fraction of sp³-hybridized carbons (Fsp3) is 0.538. The van der Waals surface area contributed by atoms with E-state index in [1.807, 2.05) is 18.2 Å². The fourth-order valence-corrected chi connectivity index (χ4v) is 3.29. The second-order valence-corrected chi connectivity index (χ2v) is 6.36. The molecule has 19 heavy (non-hydrogen) atoms. The van der Waals surface area contributed by atoms with E-state index in [4.69, 9.17) is 0 Å². The molecule has 1 aliphatic rings. The summed E-state index contributed by atoms with van der Waals surface area (Å²) in [6.07, 6.45) is -2.43. The maximum atomic E-state index is 12.9. The van der Waals surface area contributed by atoms with Gasteiger partial charge in [0.2, 0.25) is 6.43 Å². The molecule has 0 aromatic heterocycles. The maximum Gasteiger partial charge on any atom is 0.240 e. The van der Waals surface area contributed by atoms with Crippen LogP contribution in [-0.4, -0.2) is 37.5 Å². The summed E-state index contributed by atoms with van der Waals surface area (Å²) in [4.78, 5) is 2.13. The molecule has 0 saturated carbocycles. The van der Waals surface area contributed by atoms with Crippen molar-refractivity contribution >= 4 is 31.9 Å². The third-order valence-corrected chi connectivity index (χ3v) is 4.53. The van der Waals surface area contributed by atoms with E-state index < -0.39 is 6.43 Å². The predicted octanol–water partition coefficient (Wildman–Crippen LogP) is 3.81. The van der Waals surface area contributed by atoms with Gasteiger partial charge in [0, 0.05) is 47.6 Å². The molecule has 1 aliphatic heterocycles. The van der Waals surface area contributed by atoms with Gasteiger partial charge in [0.25, 0.3) is 0 Å². The Morgan fingerprint density at radius 3 is 2.53 bits per heavy atom. The third-order valence-electron chi connectivity index (χ3n) is 3.31. The first-order valence-electron chi connectivity index (χ1n) is 6.26. The van der Waals surface area contributed by atoms with E-state index in [0.717, 1.165) is 40.7 Å². The van der Waals surface area contributed by atoms with E-state index in [9.17, 15) is 8.78 Å². The monoisotopic (exact) mass is 396 g/mol. The van der Waals surface area contributed by atoms with Crippen LogP contribution in [0.25, 0.3) is 0 Å². The Hall–Kier alpha value is -0.0400. The summed E-state index contributed by atoms with van der Waals surface area (Å²) in [7, 11) is 0. The molecule has 2 rings (SSSR count). The fourth-order valence-electron chi connectivity index (χ4n) is 2.41. The second kappa shape index (κ2) is 7.11. The molecule has 106 valence electrons. The average Bonchev–Trinajstić information content (AvgIpc) is 2.40. The second-order valence-electron chi connectivity index (χ2n) is 4.59. The number of halogens is 4. The van der Waals surface area contributed by atoms with Crippen LogP contribution in [-0.2, 0) is 0 Å². The van der Waals surface area contributed by atoms with Gasteiger partial charge in [0.15, 0.2) is 0 Å². The summed E-state index contributed by atoms with van der Waals surface area (Å²) in [6, 6.07) is 5.50. The smallest absolute Gasteiger partial charge is 0.240 e. The largest absolute Gasteiger partial charge is 0.314 e. The zero-order chi connectivity index (χ0) is 13.8. The molecular weight excluding hydrogens is 382 g/mol. The zero-order valence-corrected chi connectivity index (χ0v) is 13.6. The van der Waals surface area contributed by atoms with Crippen molar-refractivity contribution in [2.75, 3.05) is 26.2 Å². The van der Waals surface area contributed by atoms with Gasteiger partial charge in [0.05, 0.1) is 0 Å². The van der Waals surface area contributed by atoms with Crippen molar-refractivity contribution in [2.45, 2.75) is 18.9 Å². The summed E-state index contributed by atoms with van der Waals surface area (Å²) >= 11 is 6.90. The molecule has 0 bridgehead atoms. The quantitative estimate of drug-likeness (QED) is 0.830. The molecule has 1 aromatic carbocycles. The molecule has 1 atom stereocenters. The molecular formula is C13H16Br2F2N2. The Bertz CT molecular complexity index is 423. The van der Waals surface area contributed by atoms with Crippen LogP contribution in [0.2, 0.25) is 0 Å². The van der Waals surface area contributed by atoms with E-state index >= 15 is 0 Å². The highest BCUT2D eigenvalue weighted by molar-refractivity contribution is 9.11. The number of benzene rings is 1. The standard InChI is InChI=1S/C13H16Br2F2N2/c14-9-1-2-11(15)10(7-9)12(8-13(16)17)19-5-3-18-4-6-19/h1-2,7,12-13,18H,3-6,8H2/t12-/m0/s1. The van der Waals surface area contributed by atoms with Crippen LogP contribution in [0.4, 0.5) is 8.78 Å². The molecule has 0 radical (unpaired) electrons. The minimum atomic E-state index is -2.30. The molecule has 1 fully saturated rings. The van der Waals surface area contributed by atoms with Crippen LogP contribution in [0.1, 0.15) is 18.0 Å². The van der Waals surface area contributed by atoms with Crippen molar-refractivity contribution in [2.24, 2.45) is 0 Å². The Kier molecular flexibility index (Phi) is 5.74. The number of hydrogen-bond donors (Lipinski definition) is 1. The van der Waals surface area contributed by atoms with Crippen molar-refractivity contribution in [1.82, 2.24) is 10.2 Å². The number of alkyl halides is 2. The third kappa shape index (κ3) is 4.21. The molecule has 0 aliphatic carbocycles. The van der Waals surface area contributed by atoms with Crippen molar-refractivity contribution in [3.63, 3.8) is 0 Å². The predicted molar refractivity (Wildman–Crippen MR) is 79.6 cm³/mol. The molecule has 0 spiro atoms. The molecule has 6 heteroatoms. The van der Waals surface area contributed by atoms with Gasteiger partial charge in [0.1, 0.15) is 0 Å². The maximum absolute atomic E-state index is 12.9. The van der Waals surface area contributed by atoms with Crippen LogP contribution < -0.4 is 5.32 Å². The lowest BCUT2D eigenvalue weighted by atomic mass is 10.0. The number of nitrogens with one attached hydrogen (secondary N) is 1.